The first-order chi connectivity index (χ1) is 15.2. The number of nitrogens with zero attached hydrogens (tertiary/aromatic N) is 1. The molecule has 1 heterocycles. The molecule has 2 amide bonds. The highest BCUT2D eigenvalue weighted by molar-refractivity contribution is 7.89. The molecule has 1 aliphatic heterocycles. The maximum atomic E-state index is 14.6. The van der Waals surface area contributed by atoms with Crippen molar-refractivity contribution < 1.29 is 22.4 Å². The van der Waals surface area contributed by atoms with E-state index in [0.29, 0.717) is 24.7 Å². The van der Waals surface area contributed by atoms with E-state index in [1.54, 1.807) is 0 Å². The number of halogens is 1. The van der Waals surface area contributed by atoms with Crippen LogP contribution in [0.1, 0.15) is 68.6 Å². The first-order valence-corrected chi connectivity index (χ1v) is 13.1. The zero-order valence-electron chi connectivity index (χ0n) is 18.4. The highest BCUT2D eigenvalue weighted by atomic mass is 32.2. The zero-order chi connectivity index (χ0) is 23.0. The second-order valence-electron chi connectivity index (χ2n) is 9.51. The molecule has 1 saturated heterocycles. The molecule has 2 aliphatic carbocycles. The molecule has 4 rings (SSSR count). The van der Waals surface area contributed by atoms with Gasteiger partial charge in [0.1, 0.15) is 16.8 Å². The van der Waals surface area contributed by atoms with Crippen LogP contribution in [0.4, 0.5) is 4.39 Å². The van der Waals surface area contributed by atoms with Gasteiger partial charge >= 0.3 is 0 Å². The van der Waals surface area contributed by atoms with Crippen molar-refractivity contribution in [3.05, 3.63) is 29.6 Å². The summed E-state index contributed by atoms with van der Waals surface area (Å²) in [7, 11) is -4.24. The summed E-state index contributed by atoms with van der Waals surface area (Å²) < 4.78 is 42.1. The maximum Gasteiger partial charge on any atom is 0.248 e. The number of hydrogen-bond acceptors (Lipinski definition) is 4. The van der Waals surface area contributed by atoms with Crippen molar-refractivity contribution in [2.75, 3.05) is 6.54 Å². The van der Waals surface area contributed by atoms with Gasteiger partial charge in [0.2, 0.25) is 21.8 Å². The SMILES string of the molecule is CCC1CC2CCCC(C2)C1NC(=O)[C@H]1CCCN1S(=O)(=O)c1ccc(C(N)=O)cc1F. The van der Waals surface area contributed by atoms with Crippen LogP contribution in [0.15, 0.2) is 23.1 Å². The number of benzene rings is 1. The molecule has 1 aromatic rings. The second kappa shape index (κ2) is 9.09. The highest BCUT2D eigenvalue weighted by Crippen LogP contribution is 2.44. The summed E-state index contributed by atoms with van der Waals surface area (Å²) in [6.07, 6.45) is 7.72. The predicted molar refractivity (Wildman–Crippen MR) is 118 cm³/mol. The van der Waals surface area contributed by atoms with Gasteiger partial charge in [0.05, 0.1) is 0 Å². The van der Waals surface area contributed by atoms with Crippen LogP contribution in [0, 0.1) is 23.6 Å². The summed E-state index contributed by atoms with van der Waals surface area (Å²) in [4.78, 5) is 24.0. The molecule has 4 unspecified atom stereocenters. The molecular weight excluding hydrogens is 433 g/mol. The van der Waals surface area contributed by atoms with Gasteiger partial charge in [-0.15, -0.1) is 0 Å². The zero-order valence-corrected chi connectivity index (χ0v) is 19.2. The number of carbonyl (C=O) groups excluding carboxylic acids is 2. The van der Waals surface area contributed by atoms with E-state index in [0.717, 1.165) is 48.0 Å². The summed E-state index contributed by atoms with van der Waals surface area (Å²) in [5.41, 5.74) is 5.05. The molecule has 7 nitrogen and oxygen atoms in total. The Morgan fingerprint density at radius 3 is 2.66 bits per heavy atom. The van der Waals surface area contributed by atoms with Crippen molar-refractivity contribution in [1.82, 2.24) is 9.62 Å². The third kappa shape index (κ3) is 4.29. The topological polar surface area (TPSA) is 110 Å². The number of rotatable bonds is 6. The number of fused-ring (bicyclic) bond motifs is 2. The molecule has 2 saturated carbocycles. The lowest BCUT2D eigenvalue weighted by atomic mass is 9.64. The number of carbonyl (C=O) groups is 2. The van der Waals surface area contributed by atoms with Gasteiger partial charge < -0.3 is 11.1 Å². The van der Waals surface area contributed by atoms with E-state index in [1.807, 2.05) is 0 Å². The molecule has 2 bridgehead atoms. The number of sulfonamides is 1. The Labute approximate surface area is 189 Å². The summed E-state index contributed by atoms with van der Waals surface area (Å²) in [6, 6.07) is 2.29. The monoisotopic (exact) mass is 465 g/mol. The normalized spacial score (nSPS) is 30.8. The minimum Gasteiger partial charge on any atom is -0.366 e. The second-order valence-corrected chi connectivity index (χ2v) is 11.4. The van der Waals surface area contributed by atoms with Crippen molar-refractivity contribution in [3.8, 4) is 0 Å². The van der Waals surface area contributed by atoms with Gasteiger partial charge in [-0.2, -0.15) is 4.31 Å². The van der Waals surface area contributed by atoms with E-state index in [9.17, 15) is 22.4 Å². The van der Waals surface area contributed by atoms with Gasteiger partial charge in [-0.25, -0.2) is 12.8 Å². The fraction of sp³-hybridized carbons (Fsp3) is 0.652. The number of primary amides is 1. The van der Waals surface area contributed by atoms with Crippen LogP contribution in [0.25, 0.3) is 0 Å². The fourth-order valence-corrected chi connectivity index (χ4v) is 7.73. The molecule has 32 heavy (non-hydrogen) atoms. The minimum atomic E-state index is -4.24. The summed E-state index contributed by atoms with van der Waals surface area (Å²) >= 11 is 0. The third-order valence-corrected chi connectivity index (χ3v) is 9.56. The van der Waals surface area contributed by atoms with Gasteiger partial charge in [0.25, 0.3) is 0 Å². The molecule has 5 atom stereocenters. The molecule has 1 aromatic carbocycles. The standard InChI is InChI=1S/C23H32FN3O4S/c1-2-15-11-14-5-3-6-16(12-14)21(15)26-23(29)19-7-4-10-27(19)32(30,31)20-9-8-17(22(25)28)13-18(20)24/h8-9,13-16,19,21H,2-7,10-12H2,1H3,(H2,25,28)(H,26,29)/t14?,15?,16?,19-,21?/m1/s1. The first kappa shape index (κ1) is 23.2. The van der Waals surface area contributed by atoms with Crippen molar-refractivity contribution in [1.29, 1.82) is 0 Å². The van der Waals surface area contributed by atoms with Crippen LogP contribution in [0.3, 0.4) is 0 Å². The minimum absolute atomic E-state index is 0.0702. The van der Waals surface area contributed by atoms with Gasteiger partial charge in [0, 0.05) is 18.2 Å². The Morgan fingerprint density at radius 1 is 1.19 bits per heavy atom. The Morgan fingerprint density at radius 2 is 1.97 bits per heavy atom. The first-order valence-electron chi connectivity index (χ1n) is 11.6. The smallest absolute Gasteiger partial charge is 0.248 e. The molecular formula is C23H32FN3O4S. The molecule has 3 fully saturated rings. The summed E-state index contributed by atoms with van der Waals surface area (Å²) in [6.45, 7) is 2.31. The van der Waals surface area contributed by atoms with Crippen molar-refractivity contribution >= 4 is 21.8 Å². The number of nitrogens with two attached hydrogens (primary N) is 1. The number of nitrogens with one attached hydrogen (secondary N) is 1. The molecule has 3 aliphatic rings. The Bertz CT molecular complexity index is 997. The largest absolute Gasteiger partial charge is 0.366 e. The van der Waals surface area contributed by atoms with E-state index in [2.05, 4.69) is 12.2 Å². The van der Waals surface area contributed by atoms with Crippen molar-refractivity contribution in [3.63, 3.8) is 0 Å². The summed E-state index contributed by atoms with van der Waals surface area (Å²) in [5, 5.41) is 3.21. The van der Waals surface area contributed by atoms with E-state index in [1.165, 1.54) is 18.9 Å². The average Bonchev–Trinajstić information content (AvgIpc) is 3.26. The van der Waals surface area contributed by atoms with Crippen LogP contribution in [0.2, 0.25) is 0 Å². The number of hydrogen-bond donors (Lipinski definition) is 2. The average molecular weight is 466 g/mol. The van der Waals surface area contributed by atoms with Crippen LogP contribution in [0.5, 0.6) is 0 Å². The quantitative estimate of drug-likeness (QED) is 0.673. The molecule has 0 radical (unpaired) electrons. The summed E-state index contributed by atoms with van der Waals surface area (Å²) in [5.74, 6) is -0.572. The van der Waals surface area contributed by atoms with Crippen LogP contribution in [-0.4, -0.2) is 43.2 Å². The third-order valence-electron chi connectivity index (χ3n) is 7.62. The van der Waals surface area contributed by atoms with Crippen molar-refractivity contribution in [2.45, 2.75) is 75.3 Å². The fourth-order valence-electron chi connectivity index (χ4n) is 6.03. The van der Waals surface area contributed by atoms with E-state index in [4.69, 9.17) is 5.73 Å². The van der Waals surface area contributed by atoms with Crippen LogP contribution in [-0.2, 0) is 14.8 Å². The molecule has 0 spiro atoms. The molecule has 3 N–H and O–H groups in total. The van der Waals surface area contributed by atoms with Crippen LogP contribution < -0.4 is 11.1 Å². The van der Waals surface area contributed by atoms with Gasteiger partial charge in [-0.1, -0.05) is 26.2 Å². The highest BCUT2D eigenvalue weighted by Gasteiger charge is 2.44. The van der Waals surface area contributed by atoms with Gasteiger partial charge in [0.15, 0.2) is 0 Å². The maximum absolute atomic E-state index is 14.6. The molecule has 9 heteroatoms. The van der Waals surface area contributed by atoms with E-state index >= 15 is 0 Å². The number of amides is 2. The van der Waals surface area contributed by atoms with Gasteiger partial charge in [-0.05, 0) is 68.1 Å². The lowest BCUT2D eigenvalue weighted by Crippen LogP contribution is -2.55. The van der Waals surface area contributed by atoms with Gasteiger partial charge in [-0.3, -0.25) is 9.59 Å². The van der Waals surface area contributed by atoms with Crippen molar-refractivity contribution in [2.24, 2.45) is 23.5 Å². The predicted octanol–water partition coefficient (Wildman–Crippen LogP) is 2.80. The Hall–Kier alpha value is -2.00. The van der Waals surface area contributed by atoms with Crippen LogP contribution >= 0.6 is 0 Å². The van der Waals surface area contributed by atoms with E-state index < -0.39 is 32.7 Å². The van der Waals surface area contributed by atoms with E-state index in [-0.39, 0.29) is 24.1 Å². The molecule has 0 aromatic heterocycles. The molecule has 176 valence electrons. The lowest BCUT2D eigenvalue weighted by molar-refractivity contribution is -0.126. The lowest BCUT2D eigenvalue weighted by Gasteiger charge is -2.46. The Kier molecular flexibility index (Phi) is 6.58. The Balaban J connectivity index is 1.54.